The van der Waals surface area contributed by atoms with Crippen LogP contribution < -0.4 is 5.32 Å². The van der Waals surface area contributed by atoms with Crippen LogP contribution in [0.2, 0.25) is 0 Å². The molecule has 1 N–H and O–H groups in total. The fraction of sp³-hybridized carbons (Fsp3) is 0.833. The number of nitrogens with zero attached hydrogens (tertiary/aromatic N) is 1. The molecule has 0 spiro atoms. The minimum absolute atomic E-state index is 0.0427. The average molecular weight is 256 g/mol. The molecule has 1 aliphatic heterocycles. The Balaban J connectivity index is 2.03. The van der Waals surface area contributed by atoms with Crippen LogP contribution in [0.1, 0.15) is 26.7 Å². The lowest BCUT2D eigenvalue weighted by molar-refractivity contribution is -0.149. The van der Waals surface area contributed by atoms with Crippen molar-refractivity contribution in [1.82, 2.24) is 10.2 Å². The van der Waals surface area contributed by atoms with Crippen LogP contribution in [0.3, 0.4) is 0 Å². The first-order valence-electron chi connectivity index (χ1n) is 6.33. The maximum atomic E-state index is 12.1. The summed E-state index contributed by atoms with van der Waals surface area (Å²) in [6.07, 6.45) is 2.16. The van der Waals surface area contributed by atoms with Crippen LogP contribution >= 0.6 is 11.8 Å². The highest BCUT2D eigenvalue weighted by Gasteiger charge is 2.46. The molecule has 1 saturated heterocycles. The quantitative estimate of drug-likeness (QED) is 0.742. The smallest absolute Gasteiger partial charge is 0.245 e. The van der Waals surface area contributed by atoms with Gasteiger partial charge in [0.15, 0.2) is 0 Å². The summed E-state index contributed by atoms with van der Waals surface area (Å²) in [5.41, 5.74) is 0. The Labute approximate surface area is 106 Å². The fourth-order valence-electron chi connectivity index (χ4n) is 2.32. The van der Waals surface area contributed by atoms with Crippen molar-refractivity contribution in [3.05, 3.63) is 0 Å². The monoisotopic (exact) mass is 256 g/mol. The lowest BCUT2D eigenvalue weighted by Crippen LogP contribution is -2.63. The maximum absolute atomic E-state index is 12.1. The number of nitrogens with one attached hydrogen (secondary N) is 1. The van der Waals surface area contributed by atoms with Gasteiger partial charge in [-0.15, -0.1) is 0 Å². The highest BCUT2D eigenvalue weighted by Crippen LogP contribution is 2.37. The van der Waals surface area contributed by atoms with Gasteiger partial charge in [0.2, 0.25) is 11.8 Å². The molecule has 0 aromatic carbocycles. The van der Waals surface area contributed by atoms with Gasteiger partial charge in [-0.05, 0) is 31.4 Å². The van der Waals surface area contributed by atoms with Gasteiger partial charge in [-0.1, -0.05) is 6.92 Å². The number of thioether (sulfide) groups is 1. The van der Waals surface area contributed by atoms with E-state index in [4.69, 9.17) is 0 Å². The predicted molar refractivity (Wildman–Crippen MR) is 68.8 cm³/mol. The molecule has 17 heavy (non-hydrogen) atoms. The lowest BCUT2D eigenvalue weighted by atomic mass is 10.0. The van der Waals surface area contributed by atoms with Crippen molar-refractivity contribution >= 4 is 23.6 Å². The Morgan fingerprint density at radius 2 is 2.12 bits per heavy atom. The molecule has 0 radical (unpaired) electrons. The third-order valence-corrected chi connectivity index (χ3v) is 4.25. The van der Waals surface area contributed by atoms with E-state index in [9.17, 15) is 9.59 Å². The zero-order valence-electron chi connectivity index (χ0n) is 10.4. The molecule has 4 nitrogen and oxygen atoms in total. The van der Waals surface area contributed by atoms with E-state index in [-0.39, 0.29) is 23.9 Å². The van der Waals surface area contributed by atoms with Crippen molar-refractivity contribution in [2.45, 2.75) is 38.8 Å². The van der Waals surface area contributed by atoms with Crippen molar-refractivity contribution < 1.29 is 9.59 Å². The standard InChI is InChI=1S/C12H20N2O2S/c1-3-17-7-6-14-10(9-4-5-9)11(15)13-8(2)12(14)16/h8-10H,3-7H2,1-2H3,(H,13,15). The summed E-state index contributed by atoms with van der Waals surface area (Å²) >= 11 is 1.81. The van der Waals surface area contributed by atoms with E-state index in [1.807, 2.05) is 16.7 Å². The second kappa shape index (κ2) is 5.29. The molecule has 2 amide bonds. The molecule has 2 unspecified atom stereocenters. The molecule has 2 fully saturated rings. The van der Waals surface area contributed by atoms with Crippen LogP contribution in [0.25, 0.3) is 0 Å². The largest absolute Gasteiger partial charge is 0.343 e. The Bertz CT molecular complexity index is 318. The van der Waals surface area contributed by atoms with Crippen molar-refractivity contribution in [3.8, 4) is 0 Å². The van der Waals surface area contributed by atoms with E-state index in [1.54, 1.807) is 6.92 Å². The minimum Gasteiger partial charge on any atom is -0.343 e. The van der Waals surface area contributed by atoms with Gasteiger partial charge in [0.25, 0.3) is 0 Å². The summed E-state index contributed by atoms with van der Waals surface area (Å²) in [5, 5.41) is 2.78. The van der Waals surface area contributed by atoms with Crippen LogP contribution in [0.5, 0.6) is 0 Å². The van der Waals surface area contributed by atoms with Crippen LogP contribution in [-0.2, 0) is 9.59 Å². The minimum atomic E-state index is -0.357. The van der Waals surface area contributed by atoms with Gasteiger partial charge >= 0.3 is 0 Å². The fourth-order valence-corrected chi connectivity index (χ4v) is 2.94. The first kappa shape index (κ1) is 12.7. The number of rotatable bonds is 5. The van der Waals surface area contributed by atoms with Gasteiger partial charge in [0.1, 0.15) is 12.1 Å². The molecule has 0 aromatic rings. The van der Waals surface area contributed by atoms with Gasteiger partial charge in [0.05, 0.1) is 0 Å². The molecule has 0 aromatic heterocycles. The second-order valence-corrected chi connectivity index (χ2v) is 6.13. The van der Waals surface area contributed by atoms with E-state index in [0.717, 1.165) is 24.3 Å². The molecule has 0 bridgehead atoms. The number of piperazine rings is 1. The summed E-state index contributed by atoms with van der Waals surface area (Å²) < 4.78 is 0. The van der Waals surface area contributed by atoms with Gasteiger partial charge in [0, 0.05) is 12.3 Å². The molecule has 2 aliphatic rings. The Morgan fingerprint density at radius 3 is 2.71 bits per heavy atom. The van der Waals surface area contributed by atoms with Crippen molar-refractivity contribution in [1.29, 1.82) is 0 Å². The van der Waals surface area contributed by atoms with Gasteiger partial charge < -0.3 is 10.2 Å². The highest BCUT2D eigenvalue weighted by atomic mass is 32.2. The third kappa shape index (κ3) is 2.76. The van der Waals surface area contributed by atoms with Gasteiger partial charge in [-0.3, -0.25) is 9.59 Å². The molecule has 96 valence electrons. The molecular weight excluding hydrogens is 236 g/mol. The summed E-state index contributed by atoms with van der Waals surface area (Å²) in [5.74, 6) is 2.50. The SMILES string of the molecule is CCSCCN1C(=O)C(C)NC(=O)C1C1CC1. The Kier molecular flexibility index (Phi) is 3.97. The predicted octanol–water partition coefficient (Wildman–Crippen LogP) is 0.865. The molecule has 1 saturated carbocycles. The zero-order valence-corrected chi connectivity index (χ0v) is 11.3. The number of carbonyl (C=O) groups excluding carboxylic acids is 2. The van der Waals surface area contributed by atoms with E-state index in [1.165, 1.54) is 0 Å². The molecule has 1 heterocycles. The zero-order chi connectivity index (χ0) is 12.4. The molecule has 2 atom stereocenters. The number of amides is 2. The summed E-state index contributed by atoms with van der Waals surface area (Å²) in [6, 6.07) is -0.555. The van der Waals surface area contributed by atoms with E-state index < -0.39 is 0 Å². The Hall–Kier alpha value is -0.710. The van der Waals surface area contributed by atoms with Crippen LogP contribution in [0.4, 0.5) is 0 Å². The lowest BCUT2D eigenvalue weighted by Gasteiger charge is -2.38. The summed E-state index contributed by atoms with van der Waals surface area (Å²) in [7, 11) is 0. The van der Waals surface area contributed by atoms with Crippen molar-refractivity contribution in [2.24, 2.45) is 5.92 Å². The van der Waals surface area contributed by atoms with Crippen molar-refractivity contribution in [2.75, 3.05) is 18.1 Å². The third-order valence-electron chi connectivity index (χ3n) is 3.37. The number of carbonyl (C=O) groups is 2. The normalized spacial score (nSPS) is 29.4. The van der Waals surface area contributed by atoms with E-state index in [2.05, 4.69) is 12.2 Å². The van der Waals surface area contributed by atoms with Crippen LogP contribution in [0, 0.1) is 5.92 Å². The first-order chi connectivity index (χ1) is 8.15. The first-order valence-corrected chi connectivity index (χ1v) is 7.49. The molecule has 2 rings (SSSR count). The van der Waals surface area contributed by atoms with Crippen LogP contribution in [0.15, 0.2) is 0 Å². The molecular formula is C12H20N2O2S. The highest BCUT2D eigenvalue weighted by molar-refractivity contribution is 7.99. The molecule has 1 aliphatic carbocycles. The summed E-state index contributed by atoms with van der Waals surface area (Å²) in [4.78, 5) is 25.9. The van der Waals surface area contributed by atoms with Gasteiger partial charge in [-0.25, -0.2) is 0 Å². The van der Waals surface area contributed by atoms with Gasteiger partial charge in [-0.2, -0.15) is 11.8 Å². The number of hydrogen-bond donors (Lipinski definition) is 1. The average Bonchev–Trinajstić information content (AvgIpc) is 3.09. The topological polar surface area (TPSA) is 49.4 Å². The summed E-state index contributed by atoms with van der Waals surface area (Å²) in [6.45, 7) is 4.58. The Morgan fingerprint density at radius 1 is 1.41 bits per heavy atom. The van der Waals surface area contributed by atoms with E-state index in [0.29, 0.717) is 12.5 Å². The number of hydrogen-bond acceptors (Lipinski definition) is 3. The second-order valence-electron chi connectivity index (χ2n) is 4.74. The molecule has 5 heteroatoms. The maximum Gasteiger partial charge on any atom is 0.245 e. The van der Waals surface area contributed by atoms with E-state index >= 15 is 0 Å². The van der Waals surface area contributed by atoms with Crippen LogP contribution in [-0.4, -0.2) is 46.8 Å². The van der Waals surface area contributed by atoms with Crippen molar-refractivity contribution in [3.63, 3.8) is 0 Å².